The van der Waals surface area contributed by atoms with Gasteiger partial charge in [-0.05, 0) is 30.5 Å². The van der Waals surface area contributed by atoms with Crippen molar-refractivity contribution < 1.29 is 4.79 Å². The van der Waals surface area contributed by atoms with E-state index in [0.717, 1.165) is 12.8 Å². The standard InChI is InChI=1S/C13H24N2OS/c1-13(2,3)9-11(16)15-12(17)14-10-7-5-4-6-8-10/h10H,4-9H2,1-3H3,(H2,14,15,16,17). The minimum absolute atomic E-state index is 0.00450. The first-order chi connectivity index (χ1) is 7.87. The Labute approximate surface area is 110 Å². The minimum Gasteiger partial charge on any atom is -0.360 e. The number of thiocarbonyl (C=S) groups is 1. The second kappa shape index (κ2) is 6.34. The molecule has 0 heterocycles. The monoisotopic (exact) mass is 256 g/mol. The van der Waals surface area contributed by atoms with Crippen LogP contribution in [0.25, 0.3) is 0 Å². The molecule has 3 nitrogen and oxygen atoms in total. The Bertz CT molecular complexity index is 278. The van der Waals surface area contributed by atoms with Crippen molar-refractivity contribution >= 4 is 23.2 Å². The molecule has 4 heteroatoms. The predicted molar refractivity (Wildman–Crippen MR) is 74.8 cm³/mol. The molecule has 1 saturated carbocycles. The van der Waals surface area contributed by atoms with Crippen molar-refractivity contribution in [2.75, 3.05) is 0 Å². The lowest BCUT2D eigenvalue weighted by molar-refractivity contribution is -0.121. The summed E-state index contributed by atoms with van der Waals surface area (Å²) in [5, 5.41) is 6.49. The van der Waals surface area contributed by atoms with Crippen molar-refractivity contribution in [3.05, 3.63) is 0 Å². The van der Waals surface area contributed by atoms with Gasteiger partial charge in [-0.15, -0.1) is 0 Å². The fraction of sp³-hybridized carbons (Fsp3) is 0.846. The van der Waals surface area contributed by atoms with Crippen molar-refractivity contribution in [2.45, 2.75) is 65.3 Å². The van der Waals surface area contributed by atoms with E-state index in [4.69, 9.17) is 12.2 Å². The molecule has 1 rings (SSSR count). The first kappa shape index (κ1) is 14.4. The van der Waals surface area contributed by atoms with E-state index in [1.54, 1.807) is 0 Å². The zero-order valence-corrected chi connectivity index (χ0v) is 12.0. The van der Waals surface area contributed by atoms with Crippen LogP contribution in [0.4, 0.5) is 0 Å². The molecule has 0 radical (unpaired) electrons. The van der Waals surface area contributed by atoms with E-state index in [9.17, 15) is 4.79 Å². The van der Waals surface area contributed by atoms with Crippen LogP contribution in [0.1, 0.15) is 59.3 Å². The molecular weight excluding hydrogens is 232 g/mol. The van der Waals surface area contributed by atoms with Crippen LogP contribution >= 0.6 is 12.2 Å². The summed E-state index contributed by atoms with van der Waals surface area (Å²) < 4.78 is 0. The first-order valence-corrected chi connectivity index (χ1v) is 6.88. The second-order valence-electron chi connectivity index (χ2n) is 6.09. The predicted octanol–water partition coefficient (Wildman–Crippen LogP) is 2.75. The summed E-state index contributed by atoms with van der Waals surface area (Å²) in [6.07, 6.45) is 6.66. The molecule has 1 aliphatic carbocycles. The highest BCUT2D eigenvalue weighted by Gasteiger charge is 2.18. The molecule has 1 aliphatic rings. The average molecular weight is 256 g/mol. The fourth-order valence-electron chi connectivity index (χ4n) is 2.12. The maximum Gasteiger partial charge on any atom is 0.226 e. The summed E-state index contributed by atoms with van der Waals surface area (Å²) >= 11 is 5.16. The Morgan fingerprint density at radius 1 is 1.24 bits per heavy atom. The van der Waals surface area contributed by atoms with E-state index in [1.807, 2.05) is 20.8 Å². The van der Waals surface area contributed by atoms with E-state index in [2.05, 4.69) is 10.6 Å². The Morgan fingerprint density at radius 2 is 1.82 bits per heavy atom. The van der Waals surface area contributed by atoms with Crippen molar-refractivity contribution in [2.24, 2.45) is 5.41 Å². The number of hydrogen-bond acceptors (Lipinski definition) is 2. The third-order valence-electron chi connectivity index (χ3n) is 2.88. The fourth-order valence-corrected chi connectivity index (χ4v) is 2.40. The van der Waals surface area contributed by atoms with Gasteiger partial charge in [-0.25, -0.2) is 0 Å². The number of amides is 1. The summed E-state index contributed by atoms with van der Waals surface area (Å²) in [5.74, 6) is 0.00538. The number of carbonyl (C=O) groups excluding carboxylic acids is 1. The van der Waals surface area contributed by atoms with Gasteiger partial charge in [0.2, 0.25) is 5.91 Å². The summed E-state index contributed by atoms with van der Waals surface area (Å²) in [6.45, 7) is 6.14. The van der Waals surface area contributed by atoms with Crippen LogP contribution in [-0.4, -0.2) is 17.1 Å². The maximum absolute atomic E-state index is 11.7. The van der Waals surface area contributed by atoms with E-state index in [1.165, 1.54) is 19.3 Å². The highest BCUT2D eigenvalue weighted by Crippen LogP contribution is 2.18. The Kier molecular flexibility index (Phi) is 5.37. The SMILES string of the molecule is CC(C)(C)CC(=O)NC(=S)NC1CCCCC1. The molecule has 0 unspecified atom stereocenters. The second-order valence-corrected chi connectivity index (χ2v) is 6.50. The summed E-state index contributed by atoms with van der Waals surface area (Å²) in [4.78, 5) is 11.7. The van der Waals surface area contributed by atoms with Gasteiger partial charge >= 0.3 is 0 Å². The summed E-state index contributed by atoms with van der Waals surface area (Å²) in [7, 11) is 0. The molecule has 0 atom stereocenters. The van der Waals surface area contributed by atoms with Crippen molar-refractivity contribution in [1.82, 2.24) is 10.6 Å². The maximum atomic E-state index is 11.7. The number of nitrogens with one attached hydrogen (secondary N) is 2. The van der Waals surface area contributed by atoms with E-state index in [0.29, 0.717) is 17.6 Å². The molecule has 0 aliphatic heterocycles. The van der Waals surface area contributed by atoms with Crippen LogP contribution in [0, 0.1) is 5.41 Å². The molecule has 1 amide bonds. The van der Waals surface area contributed by atoms with Gasteiger partial charge < -0.3 is 10.6 Å². The lowest BCUT2D eigenvalue weighted by atomic mass is 9.92. The molecule has 1 fully saturated rings. The average Bonchev–Trinajstić information content (AvgIpc) is 2.15. The molecule has 0 aromatic heterocycles. The first-order valence-electron chi connectivity index (χ1n) is 6.47. The van der Waals surface area contributed by atoms with Crippen LogP contribution in [0.15, 0.2) is 0 Å². The topological polar surface area (TPSA) is 41.1 Å². The lowest BCUT2D eigenvalue weighted by Crippen LogP contribution is -2.45. The van der Waals surface area contributed by atoms with Crippen LogP contribution in [0.2, 0.25) is 0 Å². The van der Waals surface area contributed by atoms with Crippen molar-refractivity contribution in [3.63, 3.8) is 0 Å². The van der Waals surface area contributed by atoms with Gasteiger partial charge in [0.1, 0.15) is 0 Å². The molecular formula is C13H24N2OS. The van der Waals surface area contributed by atoms with Gasteiger partial charge in [-0.3, -0.25) is 4.79 Å². The van der Waals surface area contributed by atoms with Crippen LogP contribution in [-0.2, 0) is 4.79 Å². The smallest absolute Gasteiger partial charge is 0.226 e. The normalized spacial score (nSPS) is 17.6. The van der Waals surface area contributed by atoms with E-state index in [-0.39, 0.29) is 11.3 Å². The minimum atomic E-state index is 0.00450. The lowest BCUT2D eigenvalue weighted by Gasteiger charge is -2.24. The van der Waals surface area contributed by atoms with Crippen molar-refractivity contribution in [3.8, 4) is 0 Å². The molecule has 17 heavy (non-hydrogen) atoms. The van der Waals surface area contributed by atoms with Crippen LogP contribution in [0.5, 0.6) is 0 Å². The Hall–Kier alpha value is -0.640. The van der Waals surface area contributed by atoms with Crippen LogP contribution in [0.3, 0.4) is 0 Å². The quantitative estimate of drug-likeness (QED) is 0.746. The highest BCUT2D eigenvalue weighted by molar-refractivity contribution is 7.80. The van der Waals surface area contributed by atoms with Gasteiger partial charge in [-0.2, -0.15) is 0 Å². The van der Waals surface area contributed by atoms with Gasteiger partial charge in [-0.1, -0.05) is 40.0 Å². The molecule has 0 spiro atoms. The largest absolute Gasteiger partial charge is 0.360 e. The number of rotatable bonds is 2. The van der Waals surface area contributed by atoms with E-state index < -0.39 is 0 Å². The summed E-state index contributed by atoms with van der Waals surface area (Å²) in [5.41, 5.74) is 0.00450. The van der Waals surface area contributed by atoms with Gasteiger partial charge in [0.05, 0.1) is 0 Å². The summed E-state index contributed by atoms with van der Waals surface area (Å²) in [6, 6.07) is 0.450. The Balaban J connectivity index is 2.26. The molecule has 0 aromatic carbocycles. The van der Waals surface area contributed by atoms with E-state index >= 15 is 0 Å². The van der Waals surface area contributed by atoms with Gasteiger partial charge in [0.15, 0.2) is 5.11 Å². The molecule has 98 valence electrons. The van der Waals surface area contributed by atoms with Crippen molar-refractivity contribution in [1.29, 1.82) is 0 Å². The molecule has 0 aromatic rings. The molecule has 2 N–H and O–H groups in total. The zero-order valence-electron chi connectivity index (χ0n) is 11.1. The van der Waals surface area contributed by atoms with Gasteiger partial charge in [0, 0.05) is 12.5 Å². The van der Waals surface area contributed by atoms with Gasteiger partial charge in [0.25, 0.3) is 0 Å². The third-order valence-corrected chi connectivity index (χ3v) is 3.10. The van der Waals surface area contributed by atoms with Crippen LogP contribution < -0.4 is 10.6 Å². The zero-order chi connectivity index (χ0) is 12.9. The Morgan fingerprint density at radius 3 is 2.35 bits per heavy atom. The number of hydrogen-bond donors (Lipinski definition) is 2. The molecule has 0 saturated heterocycles. The molecule has 0 bridgehead atoms. The number of carbonyl (C=O) groups is 1. The highest BCUT2D eigenvalue weighted by atomic mass is 32.1. The third kappa shape index (κ3) is 6.61.